The lowest BCUT2D eigenvalue weighted by Crippen LogP contribution is -2.36. The lowest BCUT2D eigenvalue weighted by Gasteiger charge is -2.17. The number of ether oxygens (including phenoxy) is 1. The molecule has 0 aromatic heterocycles. The fraction of sp³-hybridized carbons (Fsp3) is 0.615. The number of nitrogens with zero attached hydrogens (tertiary/aromatic N) is 1. The maximum atomic E-state index is 10.6. The molecule has 0 saturated carbocycles. The molecule has 96 valence electrons. The zero-order valence-corrected chi connectivity index (χ0v) is 10.7. The lowest BCUT2D eigenvalue weighted by atomic mass is 9.95. The third-order valence-electron chi connectivity index (χ3n) is 3.15. The Balaban J connectivity index is 2.59. The first-order chi connectivity index (χ1) is 8.22. The van der Waals surface area contributed by atoms with Gasteiger partial charge in [-0.05, 0) is 12.5 Å². The normalized spacial score (nSPS) is 25.3. The van der Waals surface area contributed by atoms with Crippen LogP contribution in [-0.2, 0) is 9.53 Å². The van der Waals surface area contributed by atoms with Gasteiger partial charge in [-0.2, -0.15) is 0 Å². The van der Waals surface area contributed by atoms with Crippen LogP contribution in [0.4, 0.5) is 0 Å². The number of carbonyl (C=O) groups is 1. The van der Waals surface area contributed by atoms with Crippen molar-refractivity contribution in [2.24, 2.45) is 5.92 Å². The Morgan fingerprint density at radius 1 is 1.59 bits per heavy atom. The Morgan fingerprint density at radius 3 is 2.94 bits per heavy atom. The van der Waals surface area contributed by atoms with E-state index in [1.165, 1.54) is 0 Å². The zero-order valence-electron chi connectivity index (χ0n) is 10.7. The molecule has 1 amide bonds. The van der Waals surface area contributed by atoms with Gasteiger partial charge in [0.1, 0.15) is 0 Å². The van der Waals surface area contributed by atoms with Crippen LogP contribution >= 0.6 is 0 Å². The molecule has 0 aliphatic carbocycles. The zero-order chi connectivity index (χ0) is 12.7. The van der Waals surface area contributed by atoms with Crippen LogP contribution in [0, 0.1) is 5.92 Å². The molecule has 4 heteroatoms. The summed E-state index contributed by atoms with van der Waals surface area (Å²) < 4.78 is 5.07. The van der Waals surface area contributed by atoms with Crippen molar-refractivity contribution >= 4 is 6.41 Å². The summed E-state index contributed by atoms with van der Waals surface area (Å²) in [5, 5.41) is 2.88. The predicted octanol–water partition coefficient (Wildman–Crippen LogP) is 0.811. The molecule has 1 saturated heterocycles. The smallest absolute Gasteiger partial charge is 0.207 e. The minimum absolute atomic E-state index is 0.160. The molecule has 2 atom stereocenters. The average molecular weight is 238 g/mol. The van der Waals surface area contributed by atoms with E-state index in [-0.39, 0.29) is 6.04 Å². The number of carbonyl (C=O) groups excluding carboxylic acids is 1. The second-order valence-electron chi connectivity index (χ2n) is 4.32. The monoisotopic (exact) mass is 238 g/mol. The van der Waals surface area contributed by atoms with Crippen molar-refractivity contribution < 1.29 is 9.53 Å². The third kappa shape index (κ3) is 3.98. The van der Waals surface area contributed by atoms with Crippen molar-refractivity contribution in [2.45, 2.75) is 13.0 Å². The highest BCUT2D eigenvalue weighted by Crippen LogP contribution is 2.23. The van der Waals surface area contributed by atoms with Crippen molar-refractivity contribution in [1.29, 1.82) is 0 Å². The molecule has 1 aliphatic heterocycles. The molecule has 4 nitrogen and oxygen atoms in total. The first kappa shape index (κ1) is 13.9. The second-order valence-corrected chi connectivity index (χ2v) is 4.32. The number of methoxy groups -OCH3 is 1. The highest BCUT2D eigenvalue weighted by molar-refractivity contribution is 5.47. The van der Waals surface area contributed by atoms with Crippen molar-refractivity contribution in [3.05, 3.63) is 24.3 Å². The Bertz CT molecular complexity index is 289. The molecule has 0 spiro atoms. The largest absolute Gasteiger partial charge is 0.383 e. The lowest BCUT2D eigenvalue weighted by molar-refractivity contribution is -0.110. The third-order valence-corrected chi connectivity index (χ3v) is 3.15. The van der Waals surface area contributed by atoms with Gasteiger partial charge in [0.15, 0.2) is 0 Å². The van der Waals surface area contributed by atoms with E-state index >= 15 is 0 Å². The van der Waals surface area contributed by atoms with Gasteiger partial charge in [-0.15, -0.1) is 0 Å². The predicted molar refractivity (Wildman–Crippen MR) is 68.7 cm³/mol. The van der Waals surface area contributed by atoms with E-state index in [4.69, 9.17) is 4.74 Å². The topological polar surface area (TPSA) is 41.6 Å². The number of hydrogen-bond acceptors (Lipinski definition) is 3. The quantitative estimate of drug-likeness (QED) is 0.527. The Morgan fingerprint density at radius 2 is 2.35 bits per heavy atom. The number of rotatable bonds is 7. The molecule has 0 aromatic rings. The van der Waals surface area contributed by atoms with Crippen LogP contribution in [-0.4, -0.2) is 50.7 Å². The molecular weight excluding hydrogens is 216 g/mol. The first-order valence-corrected chi connectivity index (χ1v) is 5.95. The molecule has 0 radical (unpaired) electrons. The fourth-order valence-electron chi connectivity index (χ4n) is 2.26. The van der Waals surface area contributed by atoms with E-state index in [9.17, 15) is 4.79 Å². The van der Waals surface area contributed by atoms with Crippen LogP contribution in [0.3, 0.4) is 0 Å². The maximum Gasteiger partial charge on any atom is 0.207 e. The van der Waals surface area contributed by atoms with Gasteiger partial charge in [-0.25, -0.2) is 0 Å². The molecule has 1 heterocycles. The highest BCUT2D eigenvalue weighted by Gasteiger charge is 2.32. The van der Waals surface area contributed by atoms with E-state index in [0.29, 0.717) is 5.92 Å². The molecule has 0 bridgehead atoms. The molecule has 17 heavy (non-hydrogen) atoms. The summed E-state index contributed by atoms with van der Waals surface area (Å²) in [6.07, 6.45) is 4.78. The summed E-state index contributed by atoms with van der Waals surface area (Å²) >= 11 is 0. The van der Waals surface area contributed by atoms with E-state index in [1.54, 1.807) is 7.11 Å². The van der Waals surface area contributed by atoms with Gasteiger partial charge in [-0.1, -0.05) is 18.7 Å². The van der Waals surface area contributed by atoms with E-state index < -0.39 is 0 Å². The SMILES string of the molecule is C=C(/C=C\C)[C@@H]1CN(CCOC)C[C@H]1NC=O. The highest BCUT2D eigenvalue weighted by atomic mass is 16.5. The van der Waals surface area contributed by atoms with Crippen molar-refractivity contribution in [3.8, 4) is 0 Å². The fourth-order valence-corrected chi connectivity index (χ4v) is 2.26. The van der Waals surface area contributed by atoms with E-state index in [0.717, 1.165) is 38.2 Å². The Kier molecular flexibility index (Phi) is 5.94. The molecule has 1 fully saturated rings. The summed E-state index contributed by atoms with van der Waals surface area (Å²) in [4.78, 5) is 12.9. The van der Waals surface area contributed by atoms with Gasteiger partial charge in [0, 0.05) is 38.7 Å². The molecule has 0 unspecified atom stereocenters. The number of amides is 1. The maximum absolute atomic E-state index is 10.6. The van der Waals surface area contributed by atoms with Crippen LogP contribution in [0.15, 0.2) is 24.3 Å². The van der Waals surface area contributed by atoms with Gasteiger partial charge in [-0.3, -0.25) is 9.69 Å². The summed E-state index contributed by atoms with van der Waals surface area (Å²) in [7, 11) is 1.70. The number of nitrogens with one attached hydrogen (secondary N) is 1. The molecule has 0 aromatic carbocycles. The van der Waals surface area contributed by atoms with E-state index in [1.807, 2.05) is 19.1 Å². The minimum Gasteiger partial charge on any atom is -0.383 e. The van der Waals surface area contributed by atoms with Crippen LogP contribution < -0.4 is 5.32 Å². The summed E-state index contributed by atoms with van der Waals surface area (Å²) in [6.45, 7) is 9.46. The van der Waals surface area contributed by atoms with E-state index in [2.05, 4.69) is 16.8 Å². The molecular formula is C13H22N2O2. The summed E-state index contributed by atoms with van der Waals surface area (Å²) in [6, 6.07) is 0.160. The number of hydrogen-bond donors (Lipinski definition) is 1. The van der Waals surface area contributed by atoms with Gasteiger partial charge in [0.25, 0.3) is 0 Å². The molecule has 1 aliphatic rings. The second kappa shape index (κ2) is 7.25. The molecule has 1 N–H and O–H groups in total. The van der Waals surface area contributed by atoms with Crippen molar-refractivity contribution in [1.82, 2.24) is 10.2 Å². The molecule has 1 rings (SSSR count). The van der Waals surface area contributed by atoms with Gasteiger partial charge >= 0.3 is 0 Å². The van der Waals surface area contributed by atoms with Gasteiger partial charge < -0.3 is 10.1 Å². The minimum atomic E-state index is 0.160. The van der Waals surface area contributed by atoms with Gasteiger partial charge in [0.2, 0.25) is 6.41 Å². The summed E-state index contributed by atoms with van der Waals surface area (Å²) in [5.74, 6) is 0.299. The van der Waals surface area contributed by atoms with Crippen LogP contribution in [0.1, 0.15) is 6.92 Å². The Hall–Kier alpha value is -1.13. The standard InChI is InChI=1S/C13H22N2O2/c1-4-5-11(2)12-8-15(6-7-17-3)9-13(12)14-10-16/h4-5,10,12-13H,2,6-9H2,1,3H3,(H,14,16)/b5-4-/t12-,13+/m0/s1. The average Bonchev–Trinajstić information content (AvgIpc) is 2.70. The number of allylic oxidation sites excluding steroid dienone is 2. The summed E-state index contributed by atoms with van der Waals surface area (Å²) in [5.41, 5.74) is 1.08. The van der Waals surface area contributed by atoms with Crippen LogP contribution in [0.2, 0.25) is 0 Å². The van der Waals surface area contributed by atoms with Crippen LogP contribution in [0.25, 0.3) is 0 Å². The van der Waals surface area contributed by atoms with Crippen molar-refractivity contribution in [3.63, 3.8) is 0 Å². The van der Waals surface area contributed by atoms with Gasteiger partial charge in [0.05, 0.1) is 6.61 Å². The first-order valence-electron chi connectivity index (χ1n) is 5.95. The number of likely N-dealkylation sites (tertiary alicyclic amines) is 1. The van der Waals surface area contributed by atoms with Crippen LogP contribution in [0.5, 0.6) is 0 Å². The van der Waals surface area contributed by atoms with Crippen molar-refractivity contribution in [2.75, 3.05) is 33.4 Å². The Labute approximate surface area is 103 Å².